The molecule has 0 aliphatic carbocycles. The average molecular weight is 327 g/mol. The summed E-state index contributed by atoms with van der Waals surface area (Å²) >= 11 is 3.15. The number of pyridine rings is 1. The number of nitrogens with zero attached hydrogens (tertiary/aromatic N) is 1. The van der Waals surface area contributed by atoms with E-state index >= 15 is 0 Å². The van der Waals surface area contributed by atoms with Crippen LogP contribution in [0.2, 0.25) is 0 Å². The van der Waals surface area contributed by atoms with Crippen molar-refractivity contribution in [1.82, 2.24) is 10.3 Å². The van der Waals surface area contributed by atoms with Gasteiger partial charge in [-0.15, -0.1) is 0 Å². The van der Waals surface area contributed by atoms with Gasteiger partial charge in [-0.2, -0.15) is 0 Å². The molecule has 0 spiro atoms. The summed E-state index contributed by atoms with van der Waals surface area (Å²) in [6.07, 6.45) is 1.47. The van der Waals surface area contributed by atoms with Crippen molar-refractivity contribution in [1.29, 1.82) is 0 Å². The number of rotatable bonds is 3. The number of hydrogen-bond donors (Lipinski definition) is 1. The van der Waals surface area contributed by atoms with Gasteiger partial charge in [0.05, 0.1) is 0 Å². The third-order valence-electron chi connectivity index (χ3n) is 2.44. The highest BCUT2D eigenvalue weighted by atomic mass is 79.9. The Morgan fingerprint density at radius 1 is 1.26 bits per heavy atom. The number of carbonyl (C=O) groups is 1. The van der Waals surface area contributed by atoms with Crippen molar-refractivity contribution in [3.63, 3.8) is 0 Å². The smallest absolute Gasteiger partial charge is 0.251 e. The van der Waals surface area contributed by atoms with Gasteiger partial charge in [-0.3, -0.25) is 4.79 Å². The first-order valence-corrected chi connectivity index (χ1v) is 6.19. The summed E-state index contributed by atoms with van der Waals surface area (Å²) in [7, 11) is 0. The largest absolute Gasteiger partial charge is 0.348 e. The van der Waals surface area contributed by atoms with E-state index in [9.17, 15) is 13.6 Å². The quantitative estimate of drug-likeness (QED) is 0.881. The summed E-state index contributed by atoms with van der Waals surface area (Å²) in [5, 5.41) is 2.52. The van der Waals surface area contributed by atoms with E-state index in [-0.39, 0.29) is 18.0 Å². The normalized spacial score (nSPS) is 10.3. The fourth-order valence-electron chi connectivity index (χ4n) is 1.50. The lowest BCUT2D eigenvalue weighted by atomic mass is 10.2. The van der Waals surface area contributed by atoms with Crippen molar-refractivity contribution in [3.8, 4) is 0 Å². The molecule has 1 aromatic heterocycles. The van der Waals surface area contributed by atoms with Crippen LogP contribution in [0.5, 0.6) is 0 Å². The fraction of sp³-hybridized carbons (Fsp3) is 0.0769. The number of carbonyl (C=O) groups excluding carboxylic acids is 1. The van der Waals surface area contributed by atoms with E-state index in [1.165, 1.54) is 18.3 Å². The molecule has 0 aliphatic heterocycles. The number of halogens is 3. The number of benzene rings is 1. The highest BCUT2D eigenvalue weighted by molar-refractivity contribution is 9.10. The van der Waals surface area contributed by atoms with Crippen LogP contribution in [0.3, 0.4) is 0 Å². The highest BCUT2D eigenvalue weighted by Gasteiger charge is 2.08. The van der Waals surface area contributed by atoms with E-state index in [1.54, 1.807) is 0 Å². The predicted molar refractivity (Wildman–Crippen MR) is 69.5 cm³/mol. The van der Waals surface area contributed by atoms with Crippen LogP contribution >= 0.6 is 15.9 Å². The molecule has 1 heterocycles. The van der Waals surface area contributed by atoms with Crippen LogP contribution in [0.1, 0.15) is 15.9 Å². The fourth-order valence-corrected chi connectivity index (χ4v) is 1.86. The molecule has 1 aromatic carbocycles. The second-order valence-corrected chi connectivity index (χ2v) is 4.60. The Morgan fingerprint density at radius 3 is 2.79 bits per heavy atom. The van der Waals surface area contributed by atoms with E-state index in [2.05, 4.69) is 26.2 Å². The molecule has 19 heavy (non-hydrogen) atoms. The van der Waals surface area contributed by atoms with Gasteiger partial charge in [-0.1, -0.05) is 0 Å². The maximum absolute atomic E-state index is 13.4. The summed E-state index contributed by atoms with van der Waals surface area (Å²) < 4.78 is 26.8. The van der Waals surface area contributed by atoms with Crippen LogP contribution in [-0.4, -0.2) is 10.9 Å². The van der Waals surface area contributed by atoms with Gasteiger partial charge in [0.15, 0.2) is 0 Å². The van der Waals surface area contributed by atoms with Crippen molar-refractivity contribution in [2.75, 3.05) is 0 Å². The van der Waals surface area contributed by atoms with Crippen molar-refractivity contribution < 1.29 is 13.6 Å². The van der Waals surface area contributed by atoms with Crippen LogP contribution in [0.4, 0.5) is 8.78 Å². The third kappa shape index (κ3) is 3.57. The van der Waals surface area contributed by atoms with E-state index < -0.39 is 11.6 Å². The van der Waals surface area contributed by atoms with E-state index in [4.69, 9.17) is 0 Å². The number of hydrogen-bond acceptors (Lipinski definition) is 2. The topological polar surface area (TPSA) is 42.0 Å². The van der Waals surface area contributed by atoms with Crippen molar-refractivity contribution >= 4 is 21.8 Å². The molecule has 1 amide bonds. The molecular formula is C13H9BrF2N2O. The summed E-state index contributed by atoms with van der Waals surface area (Å²) in [5.74, 6) is -1.48. The zero-order valence-electron chi connectivity index (χ0n) is 9.66. The van der Waals surface area contributed by atoms with Gasteiger partial charge in [0, 0.05) is 23.9 Å². The first kappa shape index (κ1) is 13.6. The van der Waals surface area contributed by atoms with Gasteiger partial charge in [-0.25, -0.2) is 13.8 Å². The summed E-state index contributed by atoms with van der Waals surface area (Å²) in [6.45, 7) is -0.0810. The number of aromatic nitrogens is 1. The molecule has 0 atom stereocenters. The number of nitrogens with one attached hydrogen (secondary N) is 1. The maximum atomic E-state index is 13.4. The molecule has 0 saturated heterocycles. The molecule has 2 aromatic rings. The van der Waals surface area contributed by atoms with E-state index in [1.807, 2.05) is 0 Å². The Kier molecular flexibility index (Phi) is 4.21. The second kappa shape index (κ2) is 5.88. The second-order valence-electron chi connectivity index (χ2n) is 3.79. The first-order valence-electron chi connectivity index (χ1n) is 5.40. The molecule has 98 valence electrons. The minimum absolute atomic E-state index is 0.0810. The molecule has 0 fully saturated rings. The molecule has 1 N–H and O–H groups in total. The van der Waals surface area contributed by atoms with Crippen LogP contribution in [0.25, 0.3) is 0 Å². The van der Waals surface area contributed by atoms with Crippen molar-refractivity contribution in [2.24, 2.45) is 0 Å². The third-order valence-corrected chi connectivity index (χ3v) is 2.87. The highest BCUT2D eigenvalue weighted by Crippen LogP contribution is 2.11. The van der Waals surface area contributed by atoms with Gasteiger partial charge in [-0.05, 0) is 46.3 Å². The van der Waals surface area contributed by atoms with E-state index in [0.717, 1.165) is 18.2 Å². The Labute approximate surface area is 116 Å². The van der Waals surface area contributed by atoms with Gasteiger partial charge in [0.2, 0.25) is 0 Å². The Bertz CT molecular complexity index is 619. The Hall–Kier alpha value is -1.82. The molecule has 3 nitrogen and oxygen atoms in total. The average Bonchev–Trinajstić information content (AvgIpc) is 2.39. The van der Waals surface area contributed by atoms with Crippen molar-refractivity contribution in [2.45, 2.75) is 6.54 Å². The molecule has 2 rings (SSSR count). The van der Waals surface area contributed by atoms with Gasteiger partial charge in [0.25, 0.3) is 5.91 Å². The van der Waals surface area contributed by atoms with Gasteiger partial charge in [0.1, 0.15) is 16.2 Å². The standard InChI is InChI=1S/C13H9BrF2N2O/c14-12-6-8(3-4-17-12)13(19)18-7-9-5-10(15)1-2-11(9)16/h1-6H,7H2,(H,18,19). The zero-order chi connectivity index (χ0) is 13.8. The maximum Gasteiger partial charge on any atom is 0.251 e. The lowest BCUT2D eigenvalue weighted by Gasteiger charge is -2.06. The molecular weight excluding hydrogens is 318 g/mol. The molecule has 6 heteroatoms. The molecule has 0 bridgehead atoms. The number of amides is 1. The van der Waals surface area contributed by atoms with Crippen LogP contribution in [0.15, 0.2) is 41.1 Å². The monoisotopic (exact) mass is 326 g/mol. The van der Waals surface area contributed by atoms with Crippen LogP contribution in [0, 0.1) is 11.6 Å². The SMILES string of the molecule is O=C(NCc1cc(F)ccc1F)c1ccnc(Br)c1. The summed E-state index contributed by atoms with van der Waals surface area (Å²) in [6, 6.07) is 6.18. The van der Waals surface area contributed by atoms with Crippen LogP contribution < -0.4 is 5.32 Å². The van der Waals surface area contributed by atoms with E-state index in [0.29, 0.717) is 10.2 Å². The first-order chi connectivity index (χ1) is 9.06. The summed E-state index contributed by atoms with van der Waals surface area (Å²) in [5.41, 5.74) is 0.486. The molecule has 0 saturated carbocycles. The van der Waals surface area contributed by atoms with Crippen molar-refractivity contribution in [3.05, 3.63) is 63.9 Å². The minimum Gasteiger partial charge on any atom is -0.348 e. The zero-order valence-corrected chi connectivity index (χ0v) is 11.2. The van der Waals surface area contributed by atoms with Gasteiger partial charge < -0.3 is 5.32 Å². The molecule has 0 aliphatic rings. The Morgan fingerprint density at radius 2 is 2.05 bits per heavy atom. The predicted octanol–water partition coefficient (Wildman–Crippen LogP) is 3.05. The lowest BCUT2D eigenvalue weighted by molar-refractivity contribution is 0.0950. The molecule has 0 unspecified atom stereocenters. The van der Waals surface area contributed by atoms with Gasteiger partial charge >= 0.3 is 0 Å². The molecule has 0 radical (unpaired) electrons. The lowest BCUT2D eigenvalue weighted by Crippen LogP contribution is -2.23. The minimum atomic E-state index is -0.558. The Balaban J connectivity index is 2.06. The van der Waals surface area contributed by atoms with Crippen LogP contribution in [-0.2, 0) is 6.54 Å². The summed E-state index contributed by atoms with van der Waals surface area (Å²) in [4.78, 5) is 15.7.